The molecule has 5 heteroatoms. The normalized spacial score (nSPS) is 11.0. The van der Waals surface area contributed by atoms with Gasteiger partial charge < -0.3 is 19.7 Å². The molecule has 0 atom stereocenters. The summed E-state index contributed by atoms with van der Waals surface area (Å²) < 4.78 is 11.7. The van der Waals surface area contributed by atoms with E-state index in [-0.39, 0.29) is 17.9 Å². The number of methoxy groups -OCH3 is 1. The average Bonchev–Trinajstić information content (AvgIpc) is 2.96. The van der Waals surface area contributed by atoms with Gasteiger partial charge in [0.05, 0.1) is 7.11 Å². The molecule has 0 aromatic heterocycles. The topological polar surface area (TPSA) is 50.8 Å². The highest BCUT2D eigenvalue weighted by Crippen LogP contribution is 2.33. The summed E-state index contributed by atoms with van der Waals surface area (Å²) in [6.07, 6.45) is 0. The van der Waals surface area contributed by atoms with Gasteiger partial charge in [0.2, 0.25) is 0 Å². The molecule has 0 aliphatic rings. The van der Waals surface area contributed by atoms with Gasteiger partial charge in [0.25, 0.3) is 0 Å². The highest BCUT2D eigenvalue weighted by Gasteiger charge is 2.21. The quantitative estimate of drug-likeness (QED) is 0.208. The van der Waals surface area contributed by atoms with E-state index in [0.29, 0.717) is 31.2 Å². The van der Waals surface area contributed by atoms with Crippen molar-refractivity contribution in [1.82, 2.24) is 4.90 Å². The van der Waals surface area contributed by atoms with E-state index in [1.807, 2.05) is 83.8 Å². The second-order valence-electron chi connectivity index (χ2n) is 10.7. The number of carbonyl (C=O) groups excluding carboxylic acids is 1. The lowest BCUT2D eigenvalue weighted by atomic mass is 9.93. The molecule has 4 aromatic rings. The second kappa shape index (κ2) is 13.7. The Labute approximate surface area is 238 Å². The van der Waals surface area contributed by atoms with Crippen LogP contribution in [0, 0.1) is 0 Å². The van der Waals surface area contributed by atoms with Gasteiger partial charge in [-0.3, -0.25) is 0 Å². The molecule has 0 saturated heterocycles. The Morgan fingerprint density at radius 1 is 0.700 bits per heavy atom. The zero-order valence-electron chi connectivity index (χ0n) is 24.2. The van der Waals surface area contributed by atoms with Gasteiger partial charge in [-0.25, -0.2) is 4.79 Å². The van der Waals surface area contributed by atoms with Gasteiger partial charge in [0, 0.05) is 18.8 Å². The zero-order valence-corrected chi connectivity index (χ0v) is 24.2. The molecule has 2 amide bonds. The van der Waals surface area contributed by atoms with E-state index in [9.17, 15) is 4.79 Å². The fourth-order valence-corrected chi connectivity index (χ4v) is 4.77. The number of hydrogen-bond acceptors (Lipinski definition) is 3. The first-order valence-electron chi connectivity index (χ1n) is 13.9. The Bertz CT molecular complexity index is 1360. The van der Waals surface area contributed by atoms with Crippen molar-refractivity contribution >= 4 is 11.7 Å². The highest BCUT2D eigenvalue weighted by molar-refractivity contribution is 5.91. The molecule has 208 valence electrons. The van der Waals surface area contributed by atoms with Crippen LogP contribution < -0.4 is 14.8 Å². The fourth-order valence-electron chi connectivity index (χ4n) is 4.77. The first-order chi connectivity index (χ1) is 19.4. The molecule has 5 nitrogen and oxygen atoms in total. The molecule has 0 saturated carbocycles. The van der Waals surface area contributed by atoms with Crippen molar-refractivity contribution in [2.75, 3.05) is 12.4 Å². The summed E-state index contributed by atoms with van der Waals surface area (Å²) in [5, 5.41) is 3.30. The van der Waals surface area contributed by atoms with Gasteiger partial charge in [0.15, 0.2) is 11.5 Å². The standard InChI is InChI=1S/C35H40N2O3/c1-25(2)30-17-12-18-31(26(3)4)34(30)36-35(38)37(22-27-13-8-6-9-14-27)23-29-19-20-32(39-5)33(21-29)40-24-28-15-10-7-11-16-28/h6-21,25-26H,22-24H2,1-5H3,(H,36,38). The van der Waals surface area contributed by atoms with Crippen molar-refractivity contribution in [3.8, 4) is 11.5 Å². The molecule has 4 rings (SSSR count). The predicted octanol–water partition coefficient (Wildman–Crippen LogP) is 8.76. The average molecular weight is 537 g/mol. The summed E-state index contributed by atoms with van der Waals surface area (Å²) >= 11 is 0. The molecule has 0 bridgehead atoms. The second-order valence-corrected chi connectivity index (χ2v) is 10.7. The highest BCUT2D eigenvalue weighted by atomic mass is 16.5. The molecule has 4 aromatic carbocycles. The van der Waals surface area contributed by atoms with E-state index in [1.54, 1.807) is 7.11 Å². The Morgan fingerprint density at radius 3 is 1.85 bits per heavy atom. The molecule has 0 fully saturated rings. The number of rotatable bonds is 11. The molecule has 0 spiro atoms. The third-order valence-electron chi connectivity index (χ3n) is 6.95. The Balaban J connectivity index is 1.62. The summed E-state index contributed by atoms with van der Waals surface area (Å²) in [7, 11) is 1.64. The SMILES string of the molecule is COc1ccc(CN(Cc2ccccc2)C(=O)Nc2c(C(C)C)cccc2C(C)C)cc1OCc1ccccc1. The zero-order chi connectivity index (χ0) is 28.5. The number of benzene rings is 4. The summed E-state index contributed by atoms with van der Waals surface area (Å²) in [6, 6.07) is 32.1. The number of carbonyl (C=O) groups is 1. The molecule has 0 radical (unpaired) electrons. The van der Waals surface area contributed by atoms with Gasteiger partial charge in [-0.1, -0.05) is 113 Å². The lowest BCUT2D eigenvalue weighted by Gasteiger charge is -2.27. The van der Waals surface area contributed by atoms with Crippen LogP contribution in [0.5, 0.6) is 11.5 Å². The van der Waals surface area contributed by atoms with E-state index in [0.717, 1.165) is 33.5 Å². The van der Waals surface area contributed by atoms with Crippen LogP contribution in [0.1, 0.15) is 67.3 Å². The van der Waals surface area contributed by atoms with E-state index in [4.69, 9.17) is 9.47 Å². The maximum atomic E-state index is 13.9. The maximum Gasteiger partial charge on any atom is 0.322 e. The van der Waals surface area contributed by atoms with Gasteiger partial charge in [0.1, 0.15) is 6.61 Å². The van der Waals surface area contributed by atoms with E-state index >= 15 is 0 Å². The molecule has 0 aliphatic heterocycles. The minimum absolute atomic E-state index is 0.138. The van der Waals surface area contributed by atoms with Crippen LogP contribution in [-0.2, 0) is 19.7 Å². The van der Waals surface area contributed by atoms with Crippen molar-refractivity contribution in [2.24, 2.45) is 0 Å². The van der Waals surface area contributed by atoms with E-state index in [1.165, 1.54) is 0 Å². The van der Waals surface area contributed by atoms with Gasteiger partial charge >= 0.3 is 6.03 Å². The van der Waals surface area contributed by atoms with Crippen molar-refractivity contribution in [3.05, 3.63) is 125 Å². The molecular formula is C35H40N2O3. The largest absolute Gasteiger partial charge is 0.493 e. The Kier molecular flexibility index (Phi) is 9.85. The third kappa shape index (κ3) is 7.44. The van der Waals surface area contributed by atoms with Crippen LogP contribution >= 0.6 is 0 Å². The minimum atomic E-state index is -0.138. The van der Waals surface area contributed by atoms with Crippen LogP contribution in [0.2, 0.25) is 0 Å². The number of amides is 2. The molecule has 0 unspecified atom stereocenters. The molecule has 1 N–H and O–H groups in total. The number of para-hydroxylation sites is 1. The molecule has 40 heavy (non-hydrogen) atoms. The van der Waals surface area contributed by atoms with Crippen LogP contribution in [0.15, 0.2) is 97.1 Å². The van der Waals surface area contributed by atoms with Gasteiger partial charge in [-0.05, 0) is 51.8 Å². The summed E-state index contributed by atoms with van der Waals surface area (Å²) in [6.45, 7) is 9.94. The van der Waals surface area contributed by atoms with Gasteiger partial charge in [-0.2, -0.15) is 0 Å². The van der Waals surface area contributed by atoms with Crippen LogP contribution in [0.3, 0.4) is 0 Å². The van der Waals surface area contributed by atoms with Crippen LogP contribution in [-0.4, -0.2) is 18.0 Å². The van der Waals surface area contributed by atoms with Crippen molar-refractivity contribution in [2.45, 2.75) is 59.2 Å². The van der Waals surface area contributed by atoms with E-state index in [2.05, 4.69) is 51.2 Å². The lowest BCUT2D eigenvalue weighted by Crippen LogP contribution is -2.34. The third-order valence-corrected chi connectivity index (χ3v) is 6.95. The number of hydrogen-bond donors (Lipinski definition) is 1. The number of ether oxygens (including phenoxy) is 2. The maximum absolute atomic E-state index is 13.9. The van der Waals surface area contributed by atoms with Crippen LogP contribution in [0.25, 0.3) is 0 Å². The van der Waals surface area contributed by atoms with Crippen molar-refractivity contribution in [3.63, 3.8) is 0 Å². The van der Waals surface area contributed by atoms with E-state index < -0.39 is 0 Å². The monoisotopic (exact) mass is 536 g/mol. The first-order valence-corrected chi connectivity index (χ1v) is 13.9. The summed E-state index contributed by atoms with van der Waals surface area (Å²) in [5.41, 5.74) is 6.28. The number of urea groups is 1. The first kappa shape index (κ1) is 28.8. The predicted molar refractivity (Wildman–Crippen MR) is 163 cm³/mol. The Hall–Kier alpha value is -4.25. The van der Waals surface area contributed by atoms with Crippen molar-refractivity contribution < 1.29 is 14.3 Å². The van der Waals surface area contributed by atoms with Crippen LogP contribution in [0.4, 0.5) is 10.5 Å². The fraction of sp³-hybridized carbons (Fsp3) is 0.286. The lowest BCUT2D eigenvalue weighted by molar-refractivity contribution is 0.206. The molecular weight excluding hydrogens is 496 g/mol. The summed E-state index contributed by atoms with van der Waals surface area (Å²) in [5.74, 6) is 1.87. The smallest absolute Gasteiger partial charge is 0.322 e. The molecule has 0 heterocycles. The Morgan fingerprint density at radius 2 is 1.27 bits per heavy atom. The summed E-state index contributed by atoms with van der Waals surface area (Å²) in [4.78, 5) is 15.8. The number of anilines is 1. The number of nitrogens with zero attached hydrogens (tertiary/aromatic N) is 1. The van der Waals surface area contributed by atoms with Crippen molar-refractivity contribution in [1.29, 1.82) is 0 Å². The van der Waals surface area contributed by atoms with Gasteiger partial charge in [-0.15, -0.1) is 0 Å². The molecule has 0 aliphatic carbocycles. The minimum Gasteiger partial charge on any atom is -0.493 e. The number of nitrogens with one attached hydrogen (secondary N) is 1.